The number of anilines is 2. The topological polar surface area (TPSA) is 63.0 Å². The summed E-state index contributed by atoms with van der Waals surface area (Å²) in [5, 5.41) is 3.30. The standard InChI is InChI=1S/C12H13BrN4/c13-10-3-1-9(2-4-10)8-16-11-5-6-15-12(7-11)17-14/h1-7H,8,14H2,(H2,15,16,17). The third kappa shape index (κ3) is 3.44. The van der Waals surface area contributed by atoms with Gasteiger partial charge in [-0.25, -0.2) is 10.8 Å². The van der Waals surface area contributed by atoms with Crippen molar-refractivity contribution in [1.29, 1.82) is 0 Å². The van der Waals surface area contributed by atoms with Crippen molar-refractivity contribution in [2.45, 2.75) is 6.54 Å². The molecule has 0 fully saturated rings. The fraction of sp³-hybridized carbons (Fsp3) is 0.0833. The molecule has 4 N–H and O–H groups in total. The minimum Gasteiger partial charge on any atom is -0.381 e. The van der Waals surface area contributed by atoms with E-state index in [-0.39, 0.29) is 0 Å². The Kier molecular flexibility index (Phi) is 3.95. The van der Waals surface area contributed by atoms with Crippen molar-refractivity contribution in [2.24, 2.45) is 5.84 Å². The molecule has 0 atom stereocenters. The predicted octanol–water partition coefficient (Wildman–Crippen LogP) is 2.74. The van der Waals surface area contributed by atoms with Crippen LogP contribution in [0.4, 0.5) is 11.5 Å². The van der Waals surface area contributed by atoms with E-state index in [0.29, 0.717) is 5.82 Å². The van der Waals surface area contributed by atoms with E-state index in [4.69, 9.17) is 5.84 Å². The summed E-state index contributed by atoms with van der Waals surface area (Å²) < 4.78 is 1.08. The van der Waals surface area contributed by atoms with Crippen molar-refractivity contribution in [2.75, 3.05) is 10.7 Å². The Labute approximate surface area is 108 Å². The molecule has 5 heteroatoms. The highest BCUT2D eigenvalue weighted by Crippen LogP contribution is 2.14. The lowest BCUT2D eigenvalue weighted by Gasteiger charge is -2.07. The SMILES string of the molecule is NNc1cc(NCc2ccc(Br)cc2)ccn1. The quantitative estimate of drug-likeness (QED) is 0.599. The van der Waals surface area contributed by atoms with Crippen molar-refractivity contribution in [3.63, 3.8) is 0 Å². The largest absolute Gasteiger partial charge is 0.381 e. The molecule has 4 nitrogen and oxygen atoms in total. The minimum atomic E-state index is 0.644. The van der Waals surface area contributed by atoms with Crippen molar-refractivity contribution in [1.82, 2.24) is 4.98 Å². The number of hydrazine groups is 1. The van der Waals surface area contributed by atoms with Gasteiger partial charge in [0.2, 0.25) is 0 Å². The number of pyridine rings is 1. The van der Waals surface area contributed by atoms with E-state index >= 15 is 0 Å². The number of benzene rings is 1. The number of nitrogen functional groups attached to an aromatic ring is 1. The second-order valence-corrected chi connectivity index (χ2v) is 4.47. The molecule has 0 saturated heterocycles. The number of nitrogens with zero attached hydrogens (tertiary/aromatic N) is 1. The molecule has 1 heterocycles. The Balaban J connectivity index is 1.99. The highest BCUT2D eigenvalue weighted by molar-refractivity contribution is 9.10. The summed E-state index contributed by atoms with van der Waals surface area (Å²) in [6.07, 6.45) is 1.71. The smallest absolute Gasteiger partial charge is 0.141 e. The van der Waals surface area contributed by atoms with E-state index in [9.17, 15) is 0 Å². The zero-order valence-corrected chi connectivity index (χ0v) is 10.7. The molecule has 0 bridgehead atoms. The maximum Gasteiger partial charge on any atom is 0.141 e. The fourth-order valence-corrected chi connectivity index (χ4v) is 1.69. The lowest BCUT2D eigenvalue weighted by atomic mass is 10.2. The van der Waals surface area contributed by atoms with Gasteiger partial charge in [0.15, 0.2) is 0 Å². The molecule has 1 aromatic carbocycles. The number of hydrogen-bond acceptors (Lipinski definition) is 4. The number of halogens is 1. The Morgan fingerprint density at radius 3 is 2.65 bits per heavy atom. The van der Waals surface area contributed by atoms with Gasteiger partial charge in [0, 0.05) is 29.0 Å². The molecule has 0 aliphatic rings. The van der Waals surface area contributed by atoms with Crippen LogP contribution >= 0.6 is 15.9 Å². The normalized spacial score (nSPS) is 10.0. The van der Waals surface area contributed by atoms with Gasteiger partial charge in [-0.2, -0.15) is 0 Å². The van der Waals surface area contributed by atoms with Crippen LogP contribution in [-0.4, -0.2) is 4.98 Å². The number of aromatic nitrogens is 1. The van der Waals surface area contributed by atoms with E-state index in [1.807, 2.05) is 24.3 Å². The molecule has 2 aromatic rings. The minimum absolute atomic E-state index is 0.644. The van der Waals surface area contributed by atoms with Crippen LogP contribution in [0.5, 0.6) is 0 Å². The van der Waals surface area contributed by atoms with E-state index in [2.05, 4.69) is 43.8 Å². The van der Waals surface area contributed by atoms with Crippen LogP contribution in [0.25, 0.3) is 0 Å². The Morgan fingerprint density at radius 2 is 1.94 bits per heavy atom. The Bertz CT molecular complexity index is 484. The van der Waals surface area contributed by atoms with Crippen LogP contribution in [0.15, 0.2) is 47.1 Å². The summed E-state index contributed by atoms with van der Waals surface area (Å²) in [5.41, 5.74) is 4.71. The number of rotatable bonds is 4. The van der Waals surface area contributed by atoms with Crippen LogP contribution in [0, 0.1) is 0 Å². The van der Waals surface area contributed by atoms with Gasteiger partial charge >= 0.3 is 0 Å². The van der Waals surface area contributed by atoms with E-state index in [0.717, 1.165) is 16.7 Å². The summed E-state index contributed by atoms with van der Waals surface area (Å²) in [7, 11) is 0. The molecule has 0 radical (unpaired) electrons. The van der Waals surface area contributed by atoms with Crippen LogP contribution in [0.3, 0.4) is 0 Å². The number of nitrogens with one attached hydrogen (secondary N) is 2. The molecule has 1 aromatic heterocycles. The van der Waals surface area contributed by atoms with E-state index in [1.165, 1.54) is 5.56 Å². The van der Waals surface area contributed by atoms with Gasteiger partial charge in [0.25, 0.3) is 0 Å². The first kappa shape index (κ1) is 11.9. The third-order valence-electron chi connectivity index (χ3n) is 2.32. The monoisotopic (exact) mass is 292 g/mol. The molecular weight excluding hydrogens is 280 g/mol. The van der Waals surface area contributed by atoms with Gasteiger partial charge in [0.05, 0.1) is 0 Å². The molecular formula is C12H13BrN4. The molecule has 0 aliphatic carbocycles. The lowest BCUT2D eigenvalue weighted by molar-refractivity contribution is 1.14. The summed E-state index contributed by atoms with van der Waals surface area (Å²) in [4.78, 5) is 4.04. The molecule has 17 heavy (non-hydrogen) atoms. The summed E-state index contributed by atoms with van der Waals surface area (Å²) in [5.74, 6) is 5.94. The summed E-state index contributed by atoms with van der Waals surface area (Å²) >= 11 is 3.41. The third-order valence-corrected chi connectivity index (χ3v) is 2.85. The average Bonchev–Trinajstić information content (AvgIpc) is 2.38. The van der Waals surface area contributed by atoms with Gasteiger partial charge in [-0.05, 0) is 23.8 Å². The molecule has 2 rings (SSSR count). The first-order chi connectivity index (χ1) is 8.28. The highest BCUT2D eigenvalue weighted by atomic mass is 79.9. The van der Waals surface area contributed by atoms with Crippen LogP contribution in [0.2, 0.25) is 0 Å². The van der Waals surface area contributed by atoms with Crippen LogP contribution in [-0.2, 0) is 6.54 Å². The maximum absolute atomic E-state index is 5.30. The second kappa shape index (κ2) is 5.65. The number of nitrogens with two attached hydrogens (primary N) is 1. The zero-order valence-electron chi connectivity index (χ0n) is 9.15. The van der Waals surface area contributed by atoms with Crippen molar-refractivity contribution >= 4 is 27.4 Å². The van der Waals surface area contributed by atoms with Crippen LogP contribution < -0.4 is 16.6 Å². The first-order valence-electron chi connectivity index (χ1n) is 5.19. The lowest BCUT2D eigenvalue weighted by Crippen LogP contribution is -2.09. The van der Waals surface area contributed by atoms with Gasteiger partial charge in [-0.3, -0.25) is 0 Å². The van der Waals surface area contributed by atoms with E-state index in [1.54, 1.807) is 6.20 Å². The maximum atomic E-state index is 5.30. The molecule has 0 saturated carbocycles. The summed E-state index contributed by atoms with van der Waals surface area (Å²) in [6.45, 7) is 0.765. The zero-order chi connectivity index (χ0) is 12.1. The predicted molar refractivity (Wildman–Crippen MR) is 73.5 cm³/mol. The summed E-state index contributed by atoms with van der Waals surface area (Å²) in [6, 6.07) is 12.0. The fourth-order valence-electron chi connectivity index (χ4n) is 1.43. The van der Waals surface area contributed by atoms with Gasteiger partial charge < -0.3 is 10.7 Å². The first-order valence-corrected chi connectivity index (χ1v) is 5.98. The molecule has 0 unspecified atom stereocenters. The Morgan fingerprint density at radius 1 is 1.18 bits per heavy atom. The van der Waals surface area contributed by atoms with Crippen molar-refractivity contribution in [3.05, 3.63) is 52.6 Å². The van der Waals surface area contributed by atoms with Gasteiger partial charge in [0.1, 0.15) is 5.82 Å². The molecule has 88 valence electrons. The Hall–Kier alpha value is -1.59. The van der Waals surface area contributed by atoms with Gasteiger partial charge in [-0.1, -0.05) is 28.1 Å². The second-order valence-electron chi connectivity index (χ2n) is 3.55. The number of hydrogen-bond donors (Lipinski definition) is 3. The molecule has 0 amide bonds. The molecule has 0 spiro atoms. The van der Waals surface area contributed by atoms with Crippen molar-refractivity contribution < 1.29 is 0 Å². The van der Waals surface area contributed by atoms with Crippen molar-refractivity contribution in [3.8, 4) is 0 Å². The average molecular weight is 293 g/mol. The van der Waals surface area contributed by atoms with E-state index < -0.39 is 0 Å². The van der Waals surface area contributed by atoms with Crippen LogP contribution in [0.1, 0.15) is 5.56 Å². The molecule has 0 aliphatic heterocycles. The highest BCUT2D eigenvalue weighted by Gasteiger charge is 1.96. The van der Waals surface area contributed by atoms with Gasteiger partial charge in [-0.15, -0.1) is 0 Å².